The van der Waals surface area contributed by atoms with Gasteiger partial charge in [0.2, 0.25) is 0 Å². The summed E-state index contributed by atoms with van der Waals surface area (Å²) in [7, 11) is 0. The number of carbonyl (C=O) groups excluding carboxylic acids is 1. The molecule has 3 aromatic rings. The van der Waals surface area contributed by atoms with Gasteiger partial charge < -0.3 is 10.6 Å². The van der Waals surface area contributed by atoms with Gasteiger partial charge in [-0.2, -0.15) is 0 Å². The van der Waals surface area contributed by atoms with Crippen LogP contribution in [-0.4, -0.2) is 5.78 Å². The van der Waals surface area contributed by atoms with Crippen LogP contribution in [0.4, 0.5) is 11.4 Å². The molecule has 4 heteroatoms. The van der Waals surface area contributed by atoms with E-state index in [4.69, 9.17) is 11.6 Å². The molecule has 1 aliphatic carbocycles. The van der Waals surface area contributed by atoms with Crippen LogP contribution in [0.3, 0.4) is 0 Å². The highest BCUT2D eigenvalue weighted by atomic mass is 35.5. The maximum Gasteiger partial charge on any atom is 0.163 e. The number of Topliss-reactive ketones (excluding diaryl/α,β-unsaturated/α-hetero) is 1. The maximum atomic E-state index is 13.5. The van der Waals surface area contributed by atoms with E-state index >= 15 is 0 Å². The zero-order valence-corrected chi connectivity index (χ0v) is 17.5. The van der Waals surface area contributed by atoms with Gasteiger partial charge in [-0.25, -0.2) is 0 Å². The summed E-state index contributed by atoms with van der Waals surface area (Å²) in [4.78, 5) is 13.5. The minimum Gasteiger partial charge on any atom is -0.372 e. The van der Waals surface area contributed by atoms with Crippen molar-refractivity contribution in [3.63, 3.8) is 0 Å². The normalized spacial score (nSPS) is 20.5. The second kappa shape index (κ2) is 7.66. The minimum absolute atomic E-state index is 0.166. The molecule has 0 saturated carbocycles. The van der Waals surface area contributed by atoms with Crippen molar-refractivity contribution in [3.05, 3.63) is 106 Å². The van der Waals surface area contributed by atoms with Gasteiger partial charge in [-0.15, -0.1) is 0 Å². The summed E-state index contributed by atoms with van der Waals surface area (Å²) < 4.78 is 0. The third kappa shape index (κ3) is 3.40. The topological polar surface area (TPSA) is 41.1 Å². The molecule has 0 fully saturated rings. The number of carbonyl (C=O) groups is 1. The van der Waals surface area contributed by atoms with Gasteiger partial charge in [0.05, 0.1) is 17.4 Å². The number of ketones is 1. The van der Waals surface area contributed by atoms with Crippen molar-refractivity contribution in [2.75, 3.05) is 10.6 Å². The van der Waals surface area contributed by atoms with Gasteiger partial charge in [0.25, 0.3) is 0 Å². The molecule has 0 bridgehead atoms. The minimum atomic E-state index is -0.284. The Morgan fingerprint density at radius 3 is 2.47 bits per heavy atom. The first-order chi connectivity index (χ1) is 14.6. The zero-order valence-electron chi connectivity index (χ0n) is 16.8. The first-order valence-electron chi connectivity index (χ1n) is 10.3. The van der Waals surface area contributed by atoms with Crippen LogP contribution in [0, 0.1) is 6.92 Å². The summed E-state index contributed by atoms with van der Waals surface area (Å²) in [6.45, 7) is 2.07. The van der Waals surface area contributed by atoms with E-state index in [1.54, 1.807) is 0 Å². The lowest BCUT2D eigenvalue weighted by molar-refractivity contribution is -0.116. The molecule has 150 valence electrons. The molecule has 2 atom stereocenters. The number of rotatable bonds is 2. The van der Waals surface area contributed by atoms with E-state index in [0.29, 0.717) is 11.4 Å². The summed E-state index contributed by atoms with van der Waals surface area (Å²) in [6, 6.07) is 24.1. The highest BCUT2D eigenvalue weighted by Crippen LogP contribution is 2.45. The van der Waals surface area contributed by atoms with Crippen LogP contribution in [0.2, 0.25) is 5.02 Å². The Bertz CT molecular complexity index is 1150. The van der Waals surface area contributed by atoms with Gasteiger partial charge in [0.15, 0.2) is 5.78 Å². The lowest BCUT2D eigenvalue weighted by atomic mass is 9.78. The average Bonchev–Trinajstić information content (AvgIpc) is 2.91. The quantitative estimate of drug-likeness (QED) is 0.494. The Labute approximate surface area is 181 Å². The lowest BCUT2D eigenvalue weighted by Crippen LogP contribution is -2.27. The number of hydrogen-bond acceptors (Lipinski definition) is 3. The predicted molar refractivity (Wildman–Crippen MR) is 123 cm³/mol. The summed E-state index contributed by atoms with van der Waals surface area (Å²) in [5, 5.41) is 7.87. The molecule has 3 aromatic carbocycles. The third-order valence-electron chi connectivity index (χ3n) is 6.04. The summed E-state index contributed by atoms with van der Waals surface area (Å²) in [6.07, 6.45) is 1.30. The van der Waals surface area contributed by atoms with Crippen LogP contribution in [-0.2, 0) is 4.79 Å². The first-order valence-corrected chi connectivity index (χ1v) is 10.7. The number of hydrogen-bond donors (Lipinski definition) is 2. The van der Waals surface area contributed by atoms with E-state index in [-0.39, 0.29) is 17.7 Å². The van der Waals surface area contributed by atoms with E-state index in [2.05, 4.69) is 47.9 Å². The lowest BCUT2D eigenvalue weighted by Gasteiger charge is -2.30. The summed E-state index contributed by atoms with van der Waals surface area (Å²) >= 11 is 6.58. The molecule has 0 unspecified atom stereocenters. The number of nitrogens with one attached hydrogen (secondary N) is 2. The Hall–Kier alpha value is -3.04. The Morgan fingerprint density at radius 1 is 0.900 bits per heavy atom. The van der Waals surface area contributed by atoms with Crippen LogP contribution in [0.1, 0.15) is 41.5 Å². The Kier molecular flexibility index (Phi) is 4.84. The molecule has 0 saturated heterocycles. The van der Waals surface area contributed by atoms with Crippen molar-refractivity contribution < 1.29 is 4.79 Å². The Balaban J connectivity index is 1.65. The fraction of sp³-hybridized carbons (Fsp3) is 0.192. The van der Waals surface area contributed by atoms with Crippen LogP contribution in [0.15, 0.2) is 84.1 Å². The average molecular weight is 415 g/mol. The molecule has 0 amide bonds. The van der Waals surface area contributed by atoms with Gasteiger partial charge >= 0.3 is 0 Å². The zero-order chi connectivity index (χ0) is 20.7. The van der Waals surface area contributed by atoms with Crippen LogP contribution in [0.5, 0.6) is 0 Å². The second-order valence-electron chi connectivity index (χ2n) is 8.10. The monoisotopic (exact) mass is 414 g/mol. The van der Waals surface area contributed by atoms with Gasteiger partial charge in [0, 0.05) is 22.7 Å². The largest absolute Gasteiger partial charge is 0.372 e. The third-order valence-corrected chi connectivity index (χ3v) is 6.39. The fourth-order valence-electron chi connectivity index (χ4n) is 4.56. The number of halogens is 1. The van der Waals surface area contributed by atoms with E-state index in [0.717, 1.165) is 40.2 Å². The number of benzene rings is 3. The molecule has 1 aliphatic heterocycles. The van der Waals surface area contributed by atoms with Crippen molar-refractivity contribution >= 4 is 28.8 Å². The van der Waals surface area contributed by atoms with Crippen molar-refractivity contribution in [2.24, 2.45) is 0 Å². The molecule has 5 rings (SSSR count). The summed E-state index contributed by atoms with van der Waals surface area (Å²) in [5.41, 5.74) is 7.05. The highest BCUT2D eigenvalue weighted by molar-refractivity contribution is 6.31. The molecular weight excluding hydrogens is 392 g/mol. The van der Waals surface area contributed by atoms with Crippen molar-refractivity contribution in [1.29, 1.82) is 0 Å². The van der Waals surface area contributed by atoms with Gasteiger partial charge in [-0.05, 0) is 54.2 Å². The first kappa shape index (κ1) is 19.0. The molecule has 30 heavy (non-hydrogen) atoms. The Morgan fingerprint density at radius 2 is 1.67 bits per heavy atom. The number of allylic oxidation sites excluding steroid dienone is 1. The molecule has 0 aromatic heterocycles. The molecular formula is C26H23ClN2O. The van der Waals surface area contributed by atoms with E-state index < -0.39 is 0 Å². The van der Waals surface area contributed by atoms with E-state index in [9.17, 15) is 4.79 Å². The van der Waals surface area contributed by atoms with Crippen molar-refractivity contribution in [1.82, 2.24) is 0 Å². The van der Waals surface area contributed by atoms with E-state index in [1.165, 1.54) is 5.56 Å². The highest BCUT2D eigenvalue weighted by Gasteiger charge is 2.36. The molecule has 0 spiro atoms. The molecule has 3 nitrogen and oxygen atoms in total. The van der Waals surface area contributed by atoms with Crippen molar-refractivity contribution in [3.8, 4) is 0 Å². The second-order valence-corrected chi connectivity index (χ2v) is 8.51. The summed E-state index contributed by atoms with van der Waals surface area (Å²) in [5.74, 6) is 0.336. The SMILES string of the molecule is Cc1ccc2c(c1)N[C@H](c1ccccc1Cl)C1=C(C[C@@H](c3ccccc3)CC1=O)N2. The van der Waals surface area contributed by atoms with Gasteiger partial charge in [-0.1, -0.05) is 66.2 Å². The molecule has 1 heterocycles. The van der Waals surface area contributed by atoms with E-state index in [1.807, 2.05) is 42.5 Å². The standard InChI is InChI=1S/C26H23ClN2O/c1-16-11-12-21-22(13-16)29-26(19-9-5-6-10-20(19)27)25-23(28-21)14-18(15-24(25)30)17-7-3-2-4-8-17/h2-13,18,26,28-29H,14-15H2,1H3/t18-,26-/m1/s1. The smallest absolute Gasteiger partial charge is 0.163 e. The van der Waals surface area contributed by atoms with Crippen LogP contribution < -0.4 is 10.6 Å². The number of anilines is 2. The number of fused-ring (bicyclic) bond motifs is 1. The van der Waals surface area contributed by atoms with Crippen LogP contribution in [0.25, 0.3) is 0 Å². The van der Waals surface area contributed by atoms with Gasteiger partial charge in [0.1, 0.15) is 0 Å². The predicted octanol–water partition coefficient (Wildman–Crippen LogP) is 6.63. The van der Waals surface area contributed by atoms with Gasteiger partial charge in [-0.3, -0.25) is 4.79 Å². The fourth-order valence-corrected chi connectivity index (χ4v) is 4.81. The maximum absolute atomic E-state index is 13.5. The van der Waals surface area contributed by atoms with Crippen molar-refractivity contribution in [2.45, 2.75) is 31.7 Å². The number of aryl methyl sites for hydroxylation is 1. The molecule has 2 aliphatic rings. The van der Waals surface area contributed by atoms with Crippen LogP contribution >= 0.6 is 11.6 Å². The molecule has 2 N–H and O–H groups in total. The molecule has 0 radical (unpaired) electrons.